The van der Waals surface area contributed by atoms with Gasteiger partial charge in [0, 0.05) is 19.7 Å². The number of nitrogens with two attached hydrogens (primary N) is 1. The number of nitro benzene ring substituents is 1. The number of rotatable bonds is 6. The second-order valence-electron chi connectivity index (χ2n) is 4.25. The van der Waals surface area contributed by atoms with Crippen molar-refractivity contribution in [3.63, 3.8) is 0 Å². The fraction of sp³-hybridized carbons (Fsp3) is 0.500. The Bertz CT molecular complexity index is 438. The van der Waals surface area contributed by atoms with E-state index in [4.69, 9.17) is 17.3 Å². The Morgan fingerprint density at radius 3 is 2.67 bits per heavy atom. The van der Waals surface area contributed by atoms with Crippen molar-refractivity contribution in [1.82, 2.24) is 0 Å². The van der Waals surface area contributed by atoms with Gasteiger partial charge in [0.1, 0.15) is 5.69 Å². The highest BCUT2D eigenvalue weighted by Crippen LogP contribution is 2.34. The Kier molecular flexibility index (Phi) is 5.22. The van der Waals surface area contributed by atoms with E-state index in [2.05, 4.69) is 6.92 Å². The van der Waals surface area contributed by atoms with Crippen molar-refractivity contribution < 1.29 is 4.92 Å². The lowest BCUT2D eigenvalue weighted by molar-refractivity contribution is -0.384. The maximum atomic E-state index is 11.0. The van der Waals surface area contributed by atoms with E-state index >= 15 is 0 Å². The number of benzene rings is 1. The van der Waals surface area contributed by atoms with Gasteiger partial charge in [-0.1, -0.05) is 31.4 Å². The predicted octanol–water partition coefficient (Wildman–Crippen LogP) is 3.46. The normalized spacial score (nSPS) is 10.4. The van der Waals surface area contributed by atoms with E-state index < -0.39 is 4.92 Å². The van der Waals surface area contributed by atoms with Crippen LogP contribution in [0.5, 0.6) is 0 Å². The van der Waals surface area contributed by atoms with Crippen LogP contribution in [0.25, 0.3) is 0 Å². The van der Waals surface area contributed by atoms with Crippen molar-refractivity contribution in [3.05, 3.63) is 27.3 Å². The Morgan fingerprint density at radius 1 is 1.44 bits per heavy atom. The Hall–Kier alpha value is -1.49. The lowest BCUT2D eigenvalue weighted by Gasteiger charge is -2.19. The summed E-state index contributed by atoms with van der Waals surface area (Å²) in [6.07, 6.45) is 3.20. The zero-order valence-electron chi connectivity index (χ0n) is 10.6. The van der Waals surface area contributed by atoms with Gasteiger partial charge in [0.25, 0.3) is 5.69 Å². The monoisotopic (exact) mass is 271 g/mol. The molecule has 0 radical (unpaired) electrons. The molecular formula is C12H18ClN3O2. The van der Waals surface area contributed by atoms with Crippen LogP contribution < -0.4 is 10.6 Å². The van der Waals surface area contributed by atoms with Crippen molar-refractivity contribution in [2.45, 2.75) is 26.2 Å². The molecule has 0 unspecified atom stereocenters. The first-order valence-corrected chi connectivity index (χ1v) is 6.29. The standard InChI is InChI=1S/C12H18ClN3O2/c1-3-4-5-6-15(2)11-7-9(13)10(14)8-12(11)16(17)18/h7-8H,3-6,14H2,1-2H3. The fourth-order valence-corrected chi connectivity index (χ4v) is 1.90. The molecule has 0 saturated carbocycles. The van der Waals surface area contributed by atoms with Gasteiger partial charge in [0.2, 0.25) is 0 Å². The Morgan fingerprint density at radius 2 is 2.11 bits per heavy atom. The highest BCUT2D eigenvalue weighted by Gasteiger charge is 2.19. The van der Waals surface area contributed by atoms with E-state index in [1.807, 2.05) is 11.9 Å². The molecule has 0 heterocycles. The van der Waals surface area contributed by atoms with Crippen molar-refractivity contribution in [3.8, 4) is 0 Å². The molecule has 0 spiro atoms. The summed E-state index contributed by atoms with van der Waals surface area (Å²) in [4.78, 5) is 12.4. The summed E-state index contributed by atoms with van der Waals surface area (Å²) in [5, 5.41) is 11.3. The average molecular weight is 272 g/mol. The number of anilines is 2. The molecule has 6 heteroatoms. The molecule has 0 aliphatic heterocycles. The van der Waals surface area contributed by atoms with Crippen LogP contribution >= 0.6 is 11.6 Å². The van der Waals surface area contributed by atoms with Crippen molar-refractivity contribution in [2.24, 2.45) is 0 Å². The second-order valence-corrected chi connectivity index (χ2v) is 4.66. The van der Waals surface area contributed by atoms with Gasteiger partial charge in [0.05, 0.1) is 15.6 Å². The number of unbranched alkanes of at least 4 members (excludes halogenated alkanes) is 2. The molecule has 0 aromatic heterocycles. The molecule has 0 amide bonds. The van der Waals surface area contributed by atoms with Crippen LogP contribution in [-0.4, -0.2) is 18.5 Å². The summed E-state index contributed by atoms with van der Waals surface area (Å²) >= 11 is 5.92. The summed E-state index contributed by atoms with van der Waals surface area (Å²) in [6, 6.07) is 2.87. The molecule has 0 atom stereocenters. The van der Waals surface area contributed by atoms with Crippen molar-refractivity contribution >= 4 is 28.7 Å². The molecule has 0 aliphatic carbocycles. The van der Waals surface area contributed by atoms with Gasteiger partial charge in [-0.15, -0.1) is 0 Å². The van der Waals surface area contributed by atoms with Gasteiger partial charge in [-0.05, 0) is 12.5 Å². The first-order valence-electron chi connectivity index (χ1n) is 5.92. The minimum absolute atomic E-state index is 0.00380. The number of nitro groups is 1. The number of hydrogen-bond acceptors (Lipinski definition) is 4. The van der Waals surface area contributed by atoms with Crippen LogP contribution in [0.15, 0.2) is 12.1 Å². The van der Waals surface area contributed by atoms with Crippen LogP contribution in [0.4, 0.5) is 17.1 Å². The predicted molar refractivity (Wildman–Crippen MR) is 75.3 cm³/mol. The Labute approximate surface area is 112 Å². The van der Waals surface area contributed by atoms with E-state index in [0.717, 1.165) is 25.8 Å². The zero-order valence-corrected chi connectivity index (χ0v) is 11.4. The van der Waals surface area contributed by atoms with Crippen LogP contribution in [0.3, 0.4) is 0 Å². The van der Waals surface area contributed by atoms with Gasteiger partial charge < -0.3 is 10.6 Å². The maximum Gasteiger partial charge on any atom is 0.294 e. The third-order valence-electron chi connectivity index (χ3n) is 2.80. The minimum atomic E-state index is -0.432. The molecule has 1 aromatic rings. The lowest BCUT2D eigenvalue weighted by atomic mass is 10.2. The van der Waals surface area contributed by atoms with Crippen LogP contribution in [-0.2, 0) is 0 Å². The number of hydrogen-bond donors (Lipinski definition) is 1. The first kappa shape index (κ1) is 14.6. The van der Waals surface area contributed by atoms with Crippen LogP contribution in [0, 0.1) is 10.1 Å². The lowest BCUT2D eigenvalue weighted by Crippen LogP contribution is -2.19. The van der Waals surface area contributed by atoms with Crippen LogP contribution in [0.2, 0.25) is 5.02 Å². The number of nitrogen functional groups attached to an aromatic ring is 1. The summed E-state index contributed by atoms with van der Waals surface area (Å²) in [6.45, 7) is 2.87. The first-order chi connectivity index (χ1) is 8.47. The fourth-order valence-electron chi connectivity index (χ4n) is 1.74. The van der Waals surface area contributed by atoms with E-state index in [9.17, 15) is 10.1 Å². The molecule has 0 saturated heterocycles. The van der Waals surface area contributed by atoms with E-state index in [-0.39, 0.29) is 11.4 Å². The summed E-state index contributed by atoms with van der Waals surface area (Å²) in [5.74, 6) is 0. The van der Waals surface area contributed by atoms with Gasteiger partial charge in [-0.2, -0.15) is 0 Å². The van der Waals surface area contributed by atoms with Gasteiger partial charge in [0.15, 0.2) is 0 Å². The molecule has 2 N–H and O–H groups in total. The maximum absolute atomic E-state index is 11.0. The minimum Gasteiger partial charge on any atom is -0.397 e. The molecule has 0 fully saturated rings. The molecule has 1 rings (SSSR count). The quantitative estimate of drug-likeness (QED) is 0.372. The highest BCUT2D eigenvalue weighted by atomic mass is 35.5. The van der Waals surface area contributed by atoms with E-state index in [0.29, 0.717) is 10.7 Å². The van der Waals surface area contributed by atoms with Crippen molar-refractivity contribution in [1.29, 1.82) is 0 Å². The molecule has 100 valence electrons. The zero-order chi connectivity index (χ0) is 13.7. The molecule has 1 aromatic carbocycles. The number of nitrogens with zero attached hydrogens (tertiary/aromatic N) is 2. The SMILES string of the molecule is CCCCCN(C)c1cc(Cl)c(N)cc1[N+](=O)[O-]. The third-order valence-corrected chi connectivity index (χ3v) is 3.13. The van der Waals surface area contributed by atoms with Gasteiger partial charge in [-0.3, -0.25) is 10.1 Å². The largest absolute Gasteiger partial charge is 0.397 e. The molecule has 0 aliphatic rings. The third kappa shape index (κ3) is 3.50. The van der Waals surface area contributed by atoms with E-state index in [1.54, 1.807) is 6.07 Å². The van der Waals surface area contributed by atoms with Crippen molar-refractivity contribution in [2.75, 3.05) is 24.2 Å². The number of halogens is 1. The van der Waals surface area contributed by atoms with Gasteiger partial charge >= 0.3 is 0 Å². The molecule has 0 bridgehead atoms. The van der Waals surface area contributed by atoms with Crippen LogP contribution in [0.1, 0.15) is 26.2 Å². The summed E-state index contributed by atoms with van der Waals surface area (Å²) < 4.78 is 0. The highest BCUT2D eigenvalue weighted by molar-refractivity contribution is 6.33. The second kappa shape index (κ2) is 6.44. The van der Waals surface area contributed by atoms with E-state index in [1.165, 1.54) is 6.07 Å². The summed E-state index contributed by atoms with van der Waals surface area (Å²) in [5.41, 5.74) is 6.33. The smallest absolute Gasteiger partial charge is 0.294 e. The molecular weight excluding hydrogens is 254 g/mol. The molecule has 18 heavy (non-hydrogen) atoms. The molecule has 5 nitrogen and oxygen atoms in total. The summed E-state index contributed by atoms with van der Waals surface area (Å²) in [7, 11) is 1.82. The average Bonchev–Trinajstić information content (AvgIpc) is 2.32. The topological polar surface area (TPSA) is 72.4 Å². The Balaban J connectivity index is 2.98. The van der Waals surface area contributed by atoms with Gasteiger partial charge in [-0.25, -0.2) is 0 Å².